The molecule has 0 aliphatic rings. The van der Waals surface area contributed by atoms with Crippen molar-refractivity contribution < 1.29 is 0 Å². The fourth-order valence-corrected chi connectivity index (χ4v) is 7.49. The van der Waals surface area contributed by atoms with Crippen LogP contribution in [0.4, 0.5) is 0 Å². The molecule has 0 spiro atoms. The fourth-order valence-electron chi connectivity index (χ4n) is 7.49. The van der Waals surface area contributed by atoms with Gasteiger partial charge in [0.1, 0.15) is 0 Å². The lowest BCUT2D eigenvalue weighted by Gasteiger charge is -2.12. The van der Waals surface area contributed by atoms with E-state index in [0.29, 0.717) is 17.6 Å². The SMILES string of the molecule is c1ccc(-c2ccc(-c3nc(-c4cccc(-c5ccccc5)c4)nc(-n4c5ccc(-c6ccccc6)cc5c5ccc(-c6ccccc6)cc54)n3)cc2)cc1. The maximum absolute atomic E-state index is 5.30. The number of fused-ring (bicyclic) bond motifs is 3. The van der Waals surface area contributed by atoms with Crippen molar-refractivity contribution in [2.45, 2.75) is 0 Å². The maximum atomic E-state index is 5.30. The predicted molar refractivity (Wildman–Crippen MR) is 227 cm³/mol. The summed E-state index contributed by atoms with van der Waals surface area (Å²) in [6.07, 6.45) is 0. The van der Waals surface area contributed by atoms with Crippen molar-refractivity contribution in [1.82, 2.24) is 19.5 Å². The van der Waals surface area contributed by atoms with Crippen molar-refractivity contribution in [3.63, 3.8) is 0 Å². The second-order valence-corrected chi connectivity index (χ2v) is 13.7. The van der Waals surface area contributed by atoms with Gasteiger partial charge in [0, 0.05) is 21.9 Å². The van der Waals surface area contributed by atoms with Gasteiger partial charge in [0.2, 0.25) is 5.95 Å². The lowest BCUT2D eigenvalue weighted by atomic mass is 10.0. The molecule has 0 N–H and O–H groups in total. The summed E-state index contributed by atoms with van der Waals surface area (Å²) in [6.45, 7) is 0. The lowest BCUT2D eigenvalue weighted by Crippen LogP contribution is -2.06. The Bertz CT molecular complexity index is 2940. The molecule has 2 aromatic heterocycles. The third-order valence-corrected chi connectivity index (χ3v) is 10.3. The highest BCUT2D eigenvalue weighted by Gasteiger charge is 2.20. The van der Waals surface area contributed by atoms with Gasteiger partial charge in [0.25, 0.3) is 0 Å². The molecule has 0 saturated carbocycles. The average Bonchev–Trinajstić information content (AvgIpc) is 3.60. The maximum Gasteiger partial charge on any atom is 0.238 e. The zero-order valence-corrected chi connectivity index (χ0v) is 29.9. The van der Waals surface area contributed by atoms with Crippen molar-refractivity contribution >= 4 is 21.8 Å². The first-order chi connectivity index (χ1) is 27.2. The van der Waals surface area contributed by atoms with Crippen molar-refractivity contribution in [2.75, 3.05) is 0 Å². The lowest BCUT2D eigenvalue weighted by molar-refractivity contribution is 0.953. The zero-order valence-electron chi connectivity index (χ0n) is 29.9. The van der Waals surface area contributed by atoms with Crippen molar-refractivity contribution in [3.8, 4) is 73.2 Å². The van der Waals surface area contributed by atoms with E-state index in [0.717, 1.165) is 71.9 Å². The normalized spacial score (nSPS) is 11.3. The van der Waals surface area contributed by atoms with Gasteiger partial charge in [-0.1, -0.05) is 182 Å². The number of aromatic nitrogens is 4. The van der Waals surface area contributed by atoms with Gasteiger partial charge >= 0.3 is 0 Å². The molecule has 0 unspecified atom stereocenters. The van der Waals surface area contributed by atoms with Gasteiger partial charge in [-0.2, -0.15) is 9.97 Å². The van der Waals surface area contributed by atoms with Crippen molar-refractivity contribution in [2.24, 2.45) is 0 Å². The molecule has 0 saturated heterocycles. The van der Waals surface area contributed by atoms with Crippen LogP contribution in [0, 0.1) is 0 Å². The van der Waals surface area contributed by atoms with E-state index in [2.05, 4.69) is 199 Å². The predicted octanol–water partition coefficient (Wildman–Crippen LogP) is 13.0. The molecule has 0 amide bonds. The molecular weight excluding hydrogens is 669 g/mol. The van der Waals surface area contributed by atoms with E-state index in [9.17, 15) is 0 Å². The van der Waals surface area contributed by atoms with Crippen LogP contribution in [-0.2, 0) is 0 Å². The summed E-state index contributed by atoms with van der Waals surface area (Å²) in [4.78, 5) is 15.7. The van der Waals surface area contributed by atoms with Gasteiger partial charge in [0.05, 0.1) is 11.0 Å². The van der Waals surface area contributed by atoms with Crippen LogP contribution in [0.2, 0.25) is 0 Å². The Morgan fingerprint density at radius 2 is 0.673 bits per heavy atom. The molecule has 258 valence electrons. The zero-order chi connectivity index (χ0) is 36.6. The topological polar surface area (TPSA) is 43.6 Å². The Hall–Kier alpha value is -7.43. The smallest absolute Gasteiger partial charge is 0.238 e. The van der Waals surface area contributed by atoms with Crippen LogP contribution < -0.4 is 0 Å². The summed E-state index contributed by atoms with van der Waals surface area (Å²) in [7, 11) is 0. The van der Waals surface area contributed by atoms with Crippen LogP contribution in [0.5, 0.6) is 0 Å². The number of nitrogens with zero attached hydrogens (tertiary/aromatic N) is 4. The molecule has 0 aliphatic carbocycles. The summed E-state index contributed by atoms with van der Waals surface area (Å²) in [5, 5.41) is 2.27. The molecular formula is C51H34N4. The minimum Gasteiger partial charge on any atom is -0.278 e. The molecule has 10 rings (SSSR count). The van der Waals surface area contributed by atoms with Crippen LogP contribution in [0.25, 0.3) is 95.0 Å². The Morgan fingerprint density at radius 1 is 0.255 bits per heavy atom. The Balaban J connectivity index is 1.21. The molecule has 0 aliphatic heterocycles. The summed E-state index contributed by atoms with van der Waals surface area (Å²) in [5.41, 5.74) is 13.1. The standard InChI is InChI=1S/C51H34N4/c1-5-14-35(15-6-1)39-24-26-40(27-25-39)49-52-50(44-23-13-22-41(32-44)36-16-7-2-8-17-36)54-51(53-49)55-47-31-29-42(37-18-9-3-10-19-37)33-46(47)45-30-28-43(34-48(45)55)38-20-11-4-12-21-38/h1-34H. The van der Waals surface area contributed by atoms with Crippen LogP contribution in [0.3, 0.4) is 0 Å². The van der Waals surface area contributed by atoms with E-state index in [1.807, 2.05) is 12.1 Å². The highest BCUT2D eigenvalue weighted by atomic mass is 15.2. The van der Waals surface area contributed by atoms with Crippen molar-refractivity contribution in [3.05, 3.63) is 206 Å². The minimum atomic E-state index is 0.565. The van der Waals surface area contributed by atoms with Gasteiger partial charge in [-0.15, -0.1) is 0 Å². The molecule has 4 heteroatoms. The molecule has 55 heavy (non-hydrogen) atoms. The number of benzene rings is 8. The highest BCUT2D eigenvalue weighted by Crippen LogP contribution is 2.37. The summed E-state index contributed by atoms with van der Waals surface area (Å²) in [5.74, 6) is 1.79. The molecule has 0 radical (unpaired) electrons. The molecule has 10 aromatic rings. The first-order valence-corrected chi connectivity index (χ1v) is 18.5. The molecule has 0 fully saturated rings. The van der Waals surface area contributed by atoms with E-state index in [1.54, 1.807) is 0 Å². The van der Waals surface area contributed by atoms with Gasteiger partial charge in [-0.3, -0.25) is 4.57 Å². The number of hydrogen-bond donors (Lipinski definition) is 0. The van der Waals surface area contributed by atoms with Gasteiger partial charge in [-0.25, -0.2) is 4.98 Å². The fraction of sp³-hybridized carbons (Fsp3) is 0. The van der Waals surface area contributed by atoms with Crippen molar-refractivity contribution in [1.29, 1.82) is 0 Å². The number of hydrogen-bond acceptors (Lipinski definition) is 3. The van der Waals surface area contributed by atoms with E-state index in [4.69, 9.17) is 15.0 Å². The first kappa shape index (κ1) is 32.2. The second kappa shape index (κ2) is 13.8. The number of rotatable bonds is 7. The third kappa shape index (κ3) is 6.16. The third-order valence-electron chi connectivity index (χ3n) is 10.3. The van der Waals surface area contributed by atoms with E-state index in [1.165, 1.54) is 5.56 Å². The van der Waals surface area contributed by atoms with E-state index >= 15 is 0 Å². The quantitative estimate of drug-likeness (QED) is 0.166. The van der Waals surface area contributed by atoms with Crippen LogP contribution in [0.1, 0.15) is 0 Å². The largest absolute Gasteiger partial charge is 0.278 e. The monoisotopic (exact) mass is 702 g/mol. The van der Waals surface area contributed by atoms with E-state index < -0.39 is 0 Å². The molecule has 0 bridgehead atoms. The van der Waals surface area contributed by atoms with Gasteiger partial charge in [0.15, 0.2) is 11.6 Å². The Morgan fingerprint density at radius 3 is 1.27 bits per heavy atom. The average molecular weight is 703 g/mol. The minimum absolute atomic E-state index is 0.565. The Labute approximate surface area is 319 Å². The van der Waals surface area contributed by atoms with E-state index in [-0.39, 0.29) is 0 Å². The molecule has 4 nitrogen and oxygen atoms in total. The first-order valence-electron chi connectivity index (χ1n) is 18.5. The molecule has 0 atom stereocenters. The molecule has 2 heterocycles. The van der Waals surface area contributed by atoms with Crippen LogP contribution in [-0.4, -0.2) is 19.5 Å². The van der Waals surface area contributed by atoms with Crippen LogP contribution >= 0.6 is 0 Å². The summed E-state index contributed by atoms with van der Waals surface area (Å²) in [6, 6.07) is 72.3. The summed E-state index contributed by atoms with van der Waals surface area (Å²) < 4.78 is 2.21. The van der Waals surface area contributed by atoms with Gasteiger partial charge < -0.3 is 0 Å². The van der Waals surface area contributed by atoms with Crippen LogP contribution in [0.15, 0.2) is 206 Å². The molecule has 8 aromatic carbocycles. The Kier molecular flexibility index (Phi) is 8.12. The second-order valence-electron chi connectivity index (χ2n) is 13.7. The summed E-state index contributed by atoms with van der Waals surface area (Å²) >= 11 is 0. The van der Waals surface area contributed by atoms with Gasteiger partial charge in [-0.05, 0) is 68.8 Å². The highest BCUT2D eigenvalue weighted by molar-refractivity contribution is 6.11.